The van der Waals surface area contributed by atoms with Crippen molar-refractivity contribution in [1.29, 1.82) is 0 Å². The Morgan fingerprint density at radius 2 is 1.56 bits per heavy atom. The zero-order chi connectivity index (χ0) is 13.0. The molecule has 1 aliphatic carbocycles. The van der Waals surface area contributed by atoms with Gasteiger partial charge in [0.1, 0.15) is 0 Å². The third kappa shape index (κ3) is 3.60. The lowest BCUT2D eigenvalue weighted by molar-refractivity contribution is 0.225. The molecule has 0 saturated heterocycles. The van der Waals surface area contributed by atoms with Gasteiger partial charge in [-0.2, -0.15) is 0 Å². The van der Waals surface area contributed by atoms with E-state index in [0.29, 0.717) is 0 Å². The van der Waals surface area contributed by atoms with E-state index in [-0.39, 0.29) is 0 Å². The molecule has 18 heavy (non-hydrogen) atoms. The van der Waals surface area contributed by atoms with Gasteiger partial charge in [-0.15, -0.1) is 0 Å². The van der Waals surface area contributed by atoms with Crippen molar-refractivity contribution in [1.82, 2.24) is 0 Å². The Balaban J connectivity index is 1.86. The lowest BCUT2D eigenvalue weighted by atomic mass is 9.72. The zero-order valence-electron chi connectivity index (χ0n) is 12.2. The molecule has 0 nitrogen and oxygen atoms in total. The van der Waals surface area contributed by atoms with Crippen molar-refractivity contribution in [2.45, 2.75) is 58.8 Å². The first-order chi connectivity index (χ1) is 8.66. The molecule has 0 radical (unpaired) electrons. The third-order valence-electron chi connectivity index (χ3n) is 4.73. The molecule has 0 aliphatic heterocycles. The highest BCUT2D eigenvalue weighted by molar-refractivity contribution is 5.19. The van der Waals surface area contributed by atoms with Crippen LogP contribution in [-0.4, -0.2) is 0 Å². The summed E-state index contributed by atoms with van der Waals surface area (Å²) in [6.45, 7) is 7.14. The number of rotatable bonds is 4. The van der Waals surface area contributed by atoms with Crippen molar-refractivity contribution in [2.75, 3.05) is 0 Å². The Hall–Kier alpha value is -0.780. The maximum absolute atomic E-state index is 2.42. The summed E-state index contributed by atoms with van der Waals surface area (Å²) in [6, 6.07) is 11.1. The van der Waals surface area contributed by atoms with E-state index in [9.17, 15) is 0 Å². The molecular weight excluding hydrogens is 216 g/mol. The van der Waals surface area contributed by atoms with Gasteiger partial charge >= 0.3 is 0 Å². The summed E-state index contributed by atoms with van der Waals surface area (Å²) in [5, 5.41) is 0. The fraction of sp³-hybridized carbons (Fsp3) is 0.667. The topological polar surface area (TPSA) is 0 Å². The molecule has 1 fully saturated rings. The van der Waals surface area contributed by atoms with Crippen LogP contribution in [0.3, 0.4) is 0 Å². The summed E-state index contributed by atoms with van der Waals surface area (Å²) in [5.41, 5.74) is 1.53. The second-order valence-electron chi connectivity index (χ2n) is 6.61. The van der Waals surface area contributed by atoms with Crippen LogP contribution in [0.25, 0.3) is 0 Å². The predicted molar refractivity (Wildman–Crippen MR) is 79.8 cm³/mol. The zero-order valence-corrected chi connectivity index (χ0v) is 12.2. The van der Waals surface area contributed by atoms with E-state index in [0.717, 1.165) is 23.7 Å². The van der Waals surface area contributed by atoms with Gasteiger partial charge in [-0.05, 0) is 48.5 Å². The molecule has 1 aromatic rings. The molecule has 1 atom stereocenters. The van der Waals surface area contributed by atoms with E-state index in [1.54, 1.807) is 0 Å². The van der Waals surface area contributed by atoms with Crippen LogP contribution in [0.1, 0.15) is 64.4 Å². The van der Waals surface area contributed by atoms with Crippen LogP contribution in [0, 0.1) is 17.8 Å². The van der Waals surface area contributed by atoms with Gasteiger partial charge in [0, 0.05) is 0 Å². The molecule has 1 aromatic carbocycles. The van der Waals surface area contributed by atoms with Crippen molar-refractivity contribution >= 4 is 0 Å². The van der Waals surface area contributed by atoms with Crippen molar-refractivity contribution < 1.29 is 0 Å². The van der Waals surface area contributed by atoms with Crippen molar-refractivity contribution in [3.63, 3.8) is 0 Å². The highest BCUT2D eigenvalue weighted by atomic mass is 14.3. The average Bonchev–Trinajstić information content (AvgIpc) is 2.39. The largest absolute Gasteiger partial charge is 0.0628 e. The first-order valence-corrected chi connectivity index (χ1v) is 7.71. The summed E-state index contributed by atoms with van der Waals surface area (Å²) < 4.78 is 0. The quantitative estimate of drug-likeness (QED) is 0.642. The molecule has 1 saturated carbocycles. The summed E-state index contributed by atoms with van der Waals surface area (Å²) in [4.78, 5) is 0. The highest BCUT2D eigenvalue weighted by Gasteiger charge is 2.26. The van der Waals surface area contributed by atoms with Gasteiger partial charge in [0.2, 0.25) is 0 Å². The maximum atomic E-state index is 2.42. The first kappa shape index (κ1) is 13.6. The molecule has 1 aliphatic rings. The Labute approximate surface area is 113 Å². The van der Waals surface area contributed by atoms with Crippen molar-refractivity contribution in [3.8, 4) is 0 Å². The number of hydrogen-bond acceptors (Lipinski definition) is 0. The number of benzene rings is 1. The molecule has 0 bridgehead atoms. The Bertz CT molecular complexity index is 330. The van der Waals surface area contributed by atoms with E-state index in [1.807, 2.05) is 0 Å². The highest BCUT2D eigenvalue weighted by Crippen LogP contribution is 2.39. The molecule has 0 amide bonds. The Kier molecular flexibility index (Phi) is 4.86. The van der Waals surface area contributed by atoms with Crippen LogP contribution in [0.15, 0.2) is 30.3 Å². The molecule has 0 aromatic heterocycles. The first-order valence-electron chi connectivity index (χ1n) is 7.71. The minimum absolute atomic E-state index is 0.742. The van der Waals surface area contributed by atoms with Crippen LogP contribution < -0.4 is 0 Å². The smallest absolute Gasteiger partial charge is 0.0162 e. The van der Waals surface area contributed by atoms with Gasteiger partial charge in [0.05, 0.1) is 0 Å². The minimum Gasteiger partial charge on any atom is -0.0628 e. The standard InChI is InChI=1S/C18H28/c1-14(2)13-16-9-11-18(12-10-16)15(3)17-7-5-4-6-8-17/h4-8,14-16,18H,9-13H2,1-3H3. The van der Waals surface area contributed by atoms with Crippen LogP contribution >= 0.6 is 0 Å². The Morgan fingerprint density at radius 1 is 0.944 bits per heavy atom. The van der Waals surface area contributed by atoms with E-state index in [1.165, 1.54) is 37.7 Å². The van der Waals surface area contributed by atoms with Gasteiger partial charge in [0.15, 0.2) is 0 Å². The molecule has 100 valence electrons. The van der Waals surface area contributed by atoms with E-state index in [4.69, 9.17) is 0 Å². The maximum Gasteiger partial charge on any atom is -0.0162 e. The molecule has 0 spiro atoms. The summed E-state index contributed by atoms with van der Waals surface area (Å²) in [6.07, 6.45) is 7.23. The monoisotopic (exact) mass is 244 g/mol. The normalized spacial score (nSPS) is 26.2. The summed E-state index contributed by atoms with van der Waals surface area (Å²) in [5.74, 6) is 3.53. The minimum atomic E-state index is 0.742. The van der Waals surface area contributed by atoms with Gasteiger partial charge in [-0.1, -0.05) is 63.9 Å². The SMILES string of the molecule is CC(C)CC1CCC(C(C)c2ccccc2)CC1. The predicted octanol–water partition coefficient (Wildman–Crippen LogP) is 5.64. The fourth-order valence-corrected chi connectivity index (χ4v) is 3.62. The second-order valence-corrected chi connectivity index (χ2v) is 6.61. The van der Waals surface area contributed by atoms with Crippen molar-refractivity contribution in [3.05, 3.63) is 35.9 Å². The van der Waals surface area contributed by atoms with Crippen LogP contribution in [0.2, 0.25) is 0 Å². The van der Waals surface area contributed by atoms with E-state index in [2.05, 4.69) is 51.1 Å². The summed E-state index contributed by atoms with van der Waals surface area (Å²) in [7, 11) is 0. The van der Waals surface area contributed by atoms with Crippen LogP contribution in [-0.2, 0) is 0 Å². The van der Waals surface area contributed by atoms with E-state index >= 15 is 0 Å². The molecular formula is C18H28. The van der Waals surface area contributed by atoms with Gasteiger partial charge in [0.25, 0.3) is 0 Å². The van der Waals surface area contributed by atoms with Gasteiger partial charge in [-0.25, -0.2) is 0 Å². The lowest BCUT2D eigenvalue weighted by Crippen LogP contribution is -2.20. The third-order valence-corrected chi connectivity index (χ3v) is 4.73. The molecule has 1 unspecified atom stereocenters. The van der Waals surface area contributed by atoms with Gasteiger partial charge in [-0.3, -0.25) is 0 Å². The van der Waals surface area contributed by atoms with E-state index < -0.39 is 0 Å². The molecule has 0 heteroatoms. The fourth-order valence-electron chi connectivity index (χ4n) is 3.62. The molecule has 0 heterocycles. The van der Waals surface area contributed by atoms with Crippen LogP contribution in [0.5, 0.6) is 0 Å². The van der Waals surface area contributed by atoms with Gasteiger partial charge < -0.3 is 0 Å². The average molecular weight is 244 g/mol. The number of hydrogen-bond donors (Lipinski definition) is 0. The Morgan fingerprint density at radius 3 is 2.11 bits per heavy atom. The molecule has 2 rings (SSSR count). The second kappa shape index (κ2) is 6.41. The molecule has 0 N–H and O–H groups in total. The van der Waals surface area contributed by atoms with Crippen molar-refractivity contribution in [2.24, 2.45) is 17.8 Å². The lowest BCUT2D eigenvalue weighted by Gasteiger charge is -2.33. The summed E-state index contributed by atoms with van der Waals surface area (Å²) >= 11 is 0. The van der Waals surface area contributed by atoms with Crippen LogP contribution in [0.4, 0.5) is 0 Å².